The van der Waals surface area contributed by atoms with E-state index in [0.717, 1.165) is 11.5 Å². The van der Waals surface area contributed by atoms with Crippen molar-refractivity contribution >= 4 is 11.9 Å². The summed E-state index contributed by atoms with van der Waals surface area (Å²) in [7, 11) is 0. The first-order valence-corrected chi connectivity index (χ1v) is 5.31. The van der Waals surface area contributed by atoms with Gasteiger partial charge >= 0.3 is 0 Å². The molecule has 0 radical (unpaired) electrons. The lowest BCUT2D eigenvalue weighted by atomic mass is 10.1. The molecule has 0 aliphatic carbocycles. The molecule has 88 valence electrons. The Morgan fingerprint density at radius 1 is 1.53 bits per heavy atom. The number of fused-ring (bicyclic) bond motifs is 1. The molecule has 3 heterocycles. The molecule has 2 aromatic rings. The van der Waals surface area contributed by atoms with Crippen molar-refractivity contribution in [3.8, 4) is 0 Å². The first-order chi connectivity index (χ1) is 8.24. The third-order valence-corrected chi connectivity index (χ3v) is 2.76. The van der Waals surface area contributed by atoms with Crippen molar-refractivity contribution in [2.75, 3.05) is 12.3 Å². The highest BCUT2D eigenvalue weighted by Gasteiger charge is 2.26. The Bertz CT molecular complexity index is 544. The molecule has 0 aromatic carbocycles. The molecule has 1 aliphatic heterocycles. The molecule has 0 saturated carbocycles. The average molecular weight is 233 g/mol. The molecule has 1 amide bonds. The Morgan fingerprint density at radius 2 is 2.41 bits per heavy atom. The molecule has 3 rings (SSSR count). The van der Waals surface area contributed by atoms with Crippen molar-refractivity contribution < 1.29 is 13.6 Å². The van der Waals surface area contributed by atoms with E-state index in [9.17, 15) is 4.79 Å². The van der Waals surface area contributed by atoms with Crippen LogP contribution in [0.5, 0.6) is 0 Å². The number of amides is 1. The number of nitrogen functional groups attached to an aromatic ring is 1. The normalized spacial score (nSPS) is 14.7. The van der Waals surface area contributed by atoms with E-state index in [1.807, 2.05) is 0 Å². The second-order valence-electron chi connectivity index (χ2n) is 3.88. The predicted octanol–water partition coefficient (Wildman–Crippen LogP) is 1.05. The molecule has 2 aromatic heterocycles. The number of furan rings is 1. The number of carbonyl (C=O) groups is 1. The van der Waals surface area contributed by atoms with Gasteiger partial charge in [-0.15, -0.1) is 0 Å². The van der Waals surface area contributed by atoms with E-state index in [0.29, 0.717) is 25.3 Å². The Morgan fingerprint density at radius 3 is 3.18 bits per heavy atom. The van der Waals surface area contributed by atoms with E-state index in [1.165, 1.54) is 6.26 Å². The van der Waals surface area contributed by atoms with Gasteiger partial charge in [0.05, 0.1) is 12.8 Å². The highest BCUT2D eigenvalue weighted by Crippen LogP contribution is 2.22. The molecule has 6 nitrogen and oxygen atoms in total. The molecular weight excluding hydrogens is 222 g/mol. The number of rotatable bonds is 1. The van der Waals surface area contributed by atoms with Crippen LogP contribution in [0.3, 0.4) is 0 Å². The third-order valence-electron chi connectivity index (χ3n) is 2.76. The van der Waals surface area contributed by atoms with Gasteiger partial charge in [-0.3, -0.25) is 4.79 Å². The van der Waals surface area contributed by atoms with Gasteiger partial charge in [0, 0.05) is 13.0 Å². The zero-order valence-corrected chi connectivity index (χ0v) is 9.05. The topological polar surface area (TPSA) is 85.5 Å². The summed E-state index contributed by atoms with van der Waals surface area (Å²) >= 11 is 0. The number of nitrogens with two attached hydrogens (primary N) is 1. The number of hydrogen-bond acceptors (Lipinski definition) is 5. The highest BCUT2D eigenvalue weighted by atomic mass is 16.4. The smallest absolute Gasteiger partial charge is 0.292 e. The van der Waals surface area contributed by atoms with Crippen molar-refractivity contribution in [1.29, 1.82) is 0 Å². The predicted molar refractivity (Wildman–Crippen MR) is 58.1 cm³/mol. The lowest BCUT2D eigenvalue weighted by Gasteiger charge is -2.24. The Hall–Kier alpha value is -2.24. The van der Waals surface area contributed by atoms with Gasteiger partial charge in [0.2, 0.25) is 0 Å². The minimum absolute atomic E-state index is 0.137. The van der Waals surface area contributed by atoms with Crippen LogP contribution < -0.4 is 5.73 Å². The van der Waals surface area contributed by atoms with Crippen LogP contribution in [0, 0.1) is 0 Å². The highest BCUT2D eigenvalue weighted by molar-refractivity contribution is 5.91. The minimum atomic E-state index is -0.137. The van der Waals surface area contributed by atoms with Crippen LogP contribution in [0.1, 0.15) is 22.0 Å². The van der Waals surface area contributed by atoms with Crippen LogP contribution in [0.15, 0.2) is 27.2 Å². The van der Waals surface area contributed by atoms with Crippen molar-refractivity contribution in [2.45, 2.75) is 13.0 Å². The average Bonchev–Trinajstić information content (AvgIpc) is 2.94. The Balaban J connectivity index is 1.82. The Kier molecular flexibility index (Phi) is 2.14. The fourth-order valence-electron chi connectivity index (χ4n) is 1.95. The molecular formula is C11H11N3O3. The molecule has 1 aliphatic rings. The van der Waals surface area contributed by atoms with Crippen LogP contribution in [0.2, 0.25) is 0 Å². The summed E-state index contributed by atoms with van der Waals surface area (Å²) in [5.74, 6) is 0.970. The summed E-state index contributed by atoms with van der Waals surface area (Å²) in [6, 6.07) is 3.49. The van der Waals surface area contributed by atoms with Gasteiger partial charge < -0.3 is 19.5 Å². The van der Waals surface area contributed by atoms with Crippen molar-refractivity contribution in [3.63, 3.8) is 0 Å². The largest absolute Gasteiger partial charge is 0.459 e. The van der Waals surface area contributed by atoms with Gasteiger partial charge in [0.25, 0.3) is 11.9 Å². The summed E-state index contributed by atoms with van der Waals surface area (Å²) < 4.78 is 10.3. The maximum atomic E-state index is 12.0. The molecule has 0 atom stereocenters. The van der Waals surface area contributed by atoms with Crippen molar-refractivity contribution in [1.82, 2.24) is 9.88 Å². The standard InChI is InChI=1S/C11H11N3O3/c12-11-13-7-6-14(4-3-8(7)17-11)10(15)9-2-1-5-16-9/h1-2,5H,3-4,6H2,(H2,12,13). The molecule has 0 saturated heterocycles. The molecule has 17 heavy (non-hydrogen) atoms. The van der Waals surface area contributed by atoms with Crippen LogP contribution in [-0.2, 0) is 13.0 Å². The van der Waals surface area contributed by atoms with E-state index in [4.69, 9.17) is 14.6 Å². The van der Waals surface area contributed by atoms with Gasteiger partial charge in [-0.05, 0) is 12.1 Å². The van der Waals surface area contributed by atoms with E-state index in [1.54, 1.807) is 17.0 Å². The molecule has 2 N–H and O–H groups in total. The number of anilines is 1. The Labute approximate surface area is 97.0 Å². The summed E-state index contributed by atoms with van der Waals surface area (Å²) in [5.41, 5.74) is 6.20. The van der Waals surface area contributed by atoms with Gasteiger partial charge in [-0.25, -0.2) is 0 Å². The van der Waals surface area contributed by atoms with E-state index in [2.05, 4.69) is 4.98 Å². The summed E-state index contributed by atoms with van der Waals surface area (Å²) in [6.45, 7) is 0.997. The summed E-state index contributed by atoms with van der Waals surface area (Å²) in [6.07, 6.45) is 2.11. The van der Waals surface area contributed by atoms with E-state index < -0.39 is 0 Å². The van der Waals surface area contributed by atoms with Gasteiger partial charge in [-0.2, -0.15) is 4.98 Å². The second kappa shape index (κ2) is 3.65. The number of carbonyl (C=O) groups excluding carboxylic acids is 1. The monoisotopic (exact) mass is 233 g/mol. The van der Waals surface area contributed by atoms with Crippen LogP contribution in [-0.4, -0.2) is 22.3 Å². The summed E-state index contributed by atoms with van der Waals surface area (Å²) in [4.78, 5) is 17.7. The second-order valence-corrected chi connectivity index (χ2v) is 3.88. The number of nitrogens with zero attached hydrogens (tertiary/aromatic N) is 2. The summed E-state index contributed by atoms with van der Waals surface area (Å²) in [5, 5.41) is 0. The minimum Gasteiger partial charge on any atom is -0.459 e. The molecule has 6 heteroatoms. The van der Waals surface area contributed by atoms with Crippen LogP contribution in [0.4, 0.5) is 6.01 Å². The van der Waals surface area contributed by atoms with Crippen LogP contribution in [0.25, 0.3) is 0 Å². The number of oxazole rings is 1. The quantitative estimate of drug-likeness (QED) is 0.795. The molecule has 0 fully saturated rings. The van der Waals surface area contributed by atoms with Crippen LogP contribution >= 0.6 is 0 Å². The lowest BCUT2D eigenvalue weighted by Crippen LogP contribution is -2.35. The third kappa shape index (κ3) is 1.67. The maximum Gasteiger partial charge on any atom is 0.292 e. The first kappa shape index (κ1) is 9.95. The molecule has 0 spiro atoms. The molecule has 0 bridgehead atoms. The fourth-order valence-corrected chi connectivity index (χ4v) is 1.95. The van der Waals surface area contributed by atoms with Crippen molar-refractivity contribution in [2.24, 2.45) is 0 Å². The zero-order chi connectivity index (χ0) is 11.8. The molecule has 0 unspecified atom stereocenters. The number of aromatic nitrogens is 1. The maximum absolute atomic E-state index is 12.0. The van der Waals surface area contributed by atoms with Crippen molar-refractivity contribution in [3.05, 3.63) is 35.6 Å². The fraction of sp³-hybridized carbons (Fsp3) is 0.273. The van der Waals surface area contributed by atoms with Gasteiger partial charge in [0.15, 0.2) is 5.76 Å². The lowest BCUT2D eigenvalue weighted by molar-refractivity contribution is 0.0695. The van der Waals surface area contributed by atoms with E-state index >= 15 is 0 Å². The van der Waals surface area contributed by atoms with Gasteiger partial charge in [0.1, 0.15) is 11.5 Å². The van der Waals surface area contributed by atoms with E-state index in [-0.39, 0.29) is 11.9 Å². The SMILES string of the molecule is Nc1nc2c(o1)CCN(C(=O)c1ccco1)C2. The first-order valence-electron chi connectivity index (χ1n) is 5.31. The zero-order valence-electron chi connectivity index (χ0n) is 9.05. The van der Waals surface area contributed by atoms with Gasteiger partial charge in [-0.1, -0.05) is 0 Å². The number of hydrogen-bond donors (Lipinski definition) is 1.